The molecular formula is C14H18N2O2. The minimum absolute atomic E-state index is 0.579. The van der Waals surface area contributed by atoms with E-state index in [1.807, 2.05) is 28.8 Å². The molecule has 1 aromatic carbocycles. The standard InChI is InChI=1S/C14H18N2O2/c1-3-4-9-13-15-11-7-5-6-8-12(11)16(13)10(2)14(17)18/h5-8,10H,3-4,9H2,1-2H3,(H,17,18). The second kappa shape index (κ2) is 5.21. The Balaban J connectivity index is 2.53. The van der Waals surface area contributed by atoms with Crippen LogP contribution in [0.15, 0.2) is 24.3 Å². The van der Waals surface area contributed by atoms with Crippen molar-refractivity contribution in [2.45, 2.75) is 39.2 Å². The molecule has 0 amide bonds. The Kier molecular flexibility index (Phi) is 3.65. The summed E-state index contributed by atoms with van der Waals surface area (Å²) in [4.78, 5) is 15.8. The molecule has 1 heterocycles. The summed E-state index contributed by atoms with van der Waals surface area (Å²) >= 11 is 0. The Hall–Kier alpha value is -1.84. The molecule has 2 rings (SSSR count). The quantitative estimate of drug-likeness (QED) is 0.882. The third-order valence-electron chi connectivity index (χ3n) is 3.17. The van der Waals surface area contributed by atoms with Gasteiger partial charge in [-0.2, -0.15) is 0 Å². The van der Waals surface area contributed by atoms with E-state index in [0.717, 1.165) is 36.1 Å². The molecule has 1 atom stereocenters. The summed E-state index contributed by atoms with van der Waals surface area (Å²) in [5.41, 5.74) is 1.77. The van der Waals surface area contributed by atoms with Gasteiger partial charge in [-0.05, 0) is 25.5 Å². The number of carboxylic acid groups (broad SMARTS) is 1. The van der Waals surface area contributed by atoms with E-state index in [9.17, 15) is 9.90 Å². The summed E-state index contributed by atoms with van der Waals surface area (Å²) < 4.78 is 1.84. The van der Waals surface area contributed by atoms with Crippen LogP contribution in [0.5, 0.6) is 0 Å². The van der Waals surface area contributed by atoms with Crippen LogP contribution in [0.4, 0.5) is 0 Å². The summed E-state index contributed by atoms with van der Waals surface area (Å²) in [7, 11) is 0. The zero-order valence-electron chi connectivity index (χ0n) is 10.8. The molecule has 0 aliphatic heterocycles. The molecule has 1 N–H and O–H groups in total. The van der Waals surface area contributed by atoms with Gasteiger partial charge in [-0.15, -0.1) is 0 Å². The number of carbonyl (C=O) groups is 1. The summed E-state index contributed by atoms with van der Waals surface area (Å²) in [5.74, 6) is 0.0452. The monoisotopic (exact) mass is 246 g/mol. The number of aromatic nitrogens is 2. The third kappa shape index (κ3) is 2.23. The van der Waals surface area contributed by atoms with Gasteiger partial charge in [0.1, 0.15) is 11.9 Å². The highest BCUT2D eigenvalue weighted by Crippen LogP contribution is 2.22. The van der Waals surface area contributed by atoms with E-state index in [2.05, 4.69) is 11.9 Å². The van der Waals surface area contributed by atoms with Crippen molar-refractivity contribution in [1.82, 2.24) is 9.55 Å². The van der Waals surface area contributed by atoms with Crippen LogP contribution in [-0.4, -0.2) is 20.6 Å². The number of unbranched alkanes of at least 4 members (excludes halogenated alkanes) is 1. The zero-order valence-corrected chi connectivity index (χ0v) is 10.8. The molecule has 96 valence electrons. The van der Waals surface area contributed by atoms with E-state index < -0.39 is 12.0 Å². The predicted molar refractivity (Wildman–Crippen MR) is 70.7 cm³/mol. The van der Waals surface area contributed by atoms with E-state index in [1.54, 1.807) is 6.92 Å². The van der Waals surface area contributed by atoms with Crippen molar-refractivity contribution in [2.24, 2.45) is 0 Å². The van der Waals surface area contributed by atoms with Gasteiger partial charge in [0.2, 0.25) is 0 Å². The van der Waals surface area contributed by atoms with Gasteiger partial charge in [0.25, 0.3) is 0 Å². The minimum atomic E-state index is -0.823. The molecule has 0 bridgehead atoms. The van der Waals surface area contributed by atoms with Crippen molar-refractivity contribution in [1.29, 1.82) is 0 Å². The van der Waals surface area contributed by atoms with Crippen LogP contribution in [0, 0.1) is 0 Å². The number of hydrogen-bond acceptors (Lipinski definition) is 2. The molecule has 0 fully saturated rings. The van der Waals surface area contributed by atoms with Crippen molar-refractivity contribution in [3.8, 4) is 0 Å². The van der Waals surface area contributed by atoms with Crippen LogP contribution < -0.4 is 0 Å². The van der Waals surface area contributed by atoms with Crippen LogP contribution in [-0.2, 0) is 11.2 Å². The second-order valence-electron chi connectivity index (χ2n) is 4.50. The van der Waals surface area contributed by atoms with Gasteiger partial charge in [-0.3, -0.25) is 0 Å². The minimum Gasteiger partial charge on any atom is -0.480 e. The topological polar surface area (TPSA) is 55.1 Å². The Morgan fingerprint density at radius 2 is 2.17 bits per heavy atom. The van der Waals surface area contributed by atoms with Crippen molar-refractivity contribution in [3.05, 3.63) is 30.1 Å². The molecule has 0 aliphatic rings. The first kappa shape index (κ1) is 12.6. The maximum absolute atomic E-state index is 11.2. The molecule has 0 radical (unpaired) electrons. The number of imidazole rings is 1. The summed E-state index contributed by atoms with van der Waals surface area (Å²) in [6.07, 6.45) is 2.92. The lowest BCUT2D eigenvalue weighted by Gasteiger charge is -2.13. The Labute approximate surface area is 106 Å². The Morgan fingerprint density at radius 1 is 1.44 bits per heavy atom. The van der Waals surface area contributed by atoms with Crippen LogP contribution >= 0.6 is 0 Å². The van der Waals surface area contributed by atoms with Gasteiger partial charge in [0, 0.05) is 6.42 Å². The molecule has 0 aliphatic carbocycles. The fraction of sp³-hybridized carbons (Fsp3) is 0.429. The van der Waals surface area contributed by atoms with Gasteiger partial charge in [0.15, 0.2) is 0 Å². The first-order chi connectivity index (χ1) is 8.65. The fourth-order valence-corrected chi connectivity index (χ4v) is 2.15. The van der Waals surface area contributed by atoms with Crippen molar-refractivity contribution in [2.75, 3.05) is 0 Å². The van der Waals surface area contributed by atoms with E-state index >= 15 is 0 Å². The molecule has 4 nitrogen and oxygen atoms in total. The van der Waals surface area contributed by atoms with Crippen molar-refractivity contribution >= 4 is 17.0 Å². The predicted octanol–water partition coefficient (Wildman–Crippen LogP) is 3.02. The lowest BCUT2D eigenvalue weighted by molar-refractivity contribution is -0.140. The molecule has 2 aromatic rings. The molecule has 18 heavy (non-hydrogen) atoms. The number of aryl methyl sites for hydroxylation is 1. The Bertz CT molecular complexity index is 560. The highest BCUT2D eigenvalue weighted by molar-refractivity contribution is 5.80. The third-order valence-corrected chi connectivity index (χ3v) is 3.17. The largest absolute Gasteiger partial charge is 0.480 e. The lowest BCUT2D eigenvalue weighted by atomic mass is 10.2. The lowest BCUT2D eigenvalue weighted by Crippen LogP contribution is -2.18. The highest BCUT2D eigenvalue weighted by Gasteiger charge is 2.20. The van der Waals surface area contributed by atoms with Crippen LogP contribution in [0.3, 0.4) is 0 Å². The molecular weight excluding hydrogens is 228 g/mol. The highest BCUT2D eigenvalue weighted by atomic mass is 16.4. The average Bonchev–Trinajstić information content (AvgIpc) is 2.73. The molecule has 1 unspecified atom stereocenters. The first-order valence-corrected chi connectivity index (χ1v) is 6.33. The zero-order chi connectivity index (χ0) is 13.1. The van der Waals surface area contributed by atoms with E-state index in [4.69, 9.17) is 0 Å². The van der Waals surface area contributed by atoms with E-state index in [1.165, 1.54) is 0 Å². The van der Waals surface area contributed by atoms with Crippen LogP contribution in [0.1, 0.15) is 38.6 Å². The molecule has 4 heteroatoms. The fourth-order valence-electron chi connectivity index (χ4n) is 2.15. The number of rotatable bonds is 5. The number of aliphatic carboxylic acids is 1. The number of benzene rings is 1. The summed E-state index contributed by atoms with van der Waals surface area (Å²) in [6.45, 7) is 3.82. The maximum atomic E-state index is 11.2. The normalized spacial score (nSPS) is 12.8. The van der Waals surface area contributed by atoms with Gasteiger partial charge >= 0.3 is 5.97 Å². The smallest absolute Gasteiger partial charge is 0.326 e. The molecule has 0 spiro atoms. The number of hydrogen-bond donors (Lipinski definition) is 1. The van der Waals surface area contributed by atoms with Crippen LogP contribution in [0.2, 0.25) is 0 Å². The summed E-state index contributed by atoms with van der Waals surface area (Å²) in [5, 5.41) is 9.21. The maximum Gasteiger partial charge on any atom is 0.326 e. The molecule has 1 aromatic heterocycles. The van der Waals surface area contributed by atoms with Gasteiger partial charge < -0.3 is 9.67 Å². The SMILES string of the molecule is CCCCc1nc2ccccc2n1C(C)C(=O)O. The van der Waals surface area contributed by atoms with Gasteiger partial charge in [0.05, 0.1) is 11.0 Å². The number of fused-ring (bicyclic) bond motifs is 1. The van der Waals surface area contributed by atoms with Crippen molar-refractivity contribution in [3.63, 3.8) is 0 Å². The second-order valence-corrected chi connectivity index (χ2v) is 4.50. The Morgan fingerprint density at radius 3 is 2.83 bits per heavy atom. The average molecular weight is 246 g/mol. The van der Waals surface area contributed by atoms with E-state index in [0.29, 0.717) is 0 Å². The number of nitrogens with zero attached hydrogens (tertiary/aromatic N) is 2. The van der Waals surface area contributed by atoms with E-state index in [-0.39, 0.29) is 0 Å². The van der Waals surface area contributed by atoms with Gasteiger partial charge in [-0.1, -0.05) is 25.5 Å². The first-order valence-electron chi connectivity index (χ1n) is 6.33. The number of para-hydroxylation sites is 2. The molecule has 0 saturated heterocycles. The molecule has 0 saturated carbocycles. The van der Waals surface area contributed by atoms with Gasteiger partial charge in [-0.25, -0.2) is 9.78 Å². The van der Waals surface area contributed by atoms with Crippen molar-refractivity contribution < 1.29 is 9.90 Å². The number of carboxylic acids is 1. The summed E-state index contributed by atoms with van der Waals surface area (Å²) in [6, 6.07) is 7.12. The van der Waals surface area contributed by atoms with Crippen LogP contribution in [0.25, 0.3) is 11.0 Å².